The second-order valence-corrected chi connectivity index (χ2v) is 5.51. The molecule has 21 heavy (non-hydrogen) atoms. The summed E-state index contributed by atoms with van der Waals surface area (Å²) in [5.74, 6) is -1.69. The van der Waals surface area contributed by atoms with E-state index >= 15 is 0 Å². The molecule has 114 valence electrons. The maximum atomic E-state index is 13.5. The van der Waals surface area contributed by atoms with Gasteiger partial charge < -0.3 is 10.6 Å². The van der Waals surface area contributed by atoms with Crippen molar-refractivity contribution < 1.29 is 18.4 Å². The van der Waals surface area contributed by atoms with Crippen LogP contribution in [0.4, 0.5) is 8.78 Å². The molecule has 6 heteroatoms. The summed E-state index contributed by atoms with van der Waals surface area (Å²) in [6.07, 6.45) is 2.43. The Morgan fingerprint density at radius 1 is 1.38 bits per heavy atom. The van der Waals surface area contributed by atoms with E-state index in [1.54, 1.807) is 6.92 Å². The minimum absolute atomic E-state index is 0.0758. The van der Waals surface area contributed by atoms with Crippen molar-refractivity contribution in [3.8, 4) is 0 Å². The third-order valence-electron chi connectivity index (χ3n) is 3.69. The second-order valence-electron chi connectivity index (χ2n) is 5.51. The van der Waals surface area contributed by atoms with Crippen LogP contribution in [-0.4, -0.2) is 17.4 Å². The quantitative estimate of drug-likeness (QED) is 0.896. The maximum Gasteiger partial charge on any atom is 0.245 e. The highest BCUT2D eigenvalue weighted by molar-refractivity contribution is 5.91. The van der Waals surface area contributed by atoms with Crippen molar-refractivity contribution in [2.24, 2.45) is 0 Å². The predicted octanol–water partition coefficient (Wildman–Crippen LogP) is 2.03. The molecule has 1 saturated heterocycles. The first kappa shape index (κ1) is 15.4. The molecule has 1 aliphatic rings. The van der Waals surface area contributed by atoms with Crippen molar-refractivity contribution in [3.63, 3.8) is 0 Å². The van der Waals surface area contributed by atoms with Crippen LogP contribution in [0.2, 0.25) is 0 Å². The fraction of sp³-hybridized carbons (Fsp3) is 0.467. The van der Waals surface area contributed by atoms with Crippen LogP contribution in [0.15, 0.2) is 18.2 Å². The lowest BCUT2D eigenvalue weighted by Gasteiger charge is -2.27. The summed E-state index contributed by atoms with van der Waals surface area (Å²) in [6.45, 7) is 1.53. The van der Waals surface area contributed by atoms with Crippen LogP contribution in [0.5, 0.6) is 0 Å². The topological polar surface area (TPSA) is 58.2 Å². The Kier molecular flexibility index (Phi) is 4.55. The van der Waals surface area contributed by atoms with E-state index in [0.717, 1.165) is 31.0 Å². The van der Waals surface area contributed by atoms with Gasteiger partial charge in [-0.2, -0.15) is 0 Å². The molecule has 1 unspecified atom stereocenters. The Morgan fingerprint density at radius 2 is 2.14 bits per heavy atom. The fourth-order valence-corrected chi connectivity index (χ4v) is 2.42. The van der Waals surface area contributed by atoms with Crippen LogP contribution >= 0.6 is 0 Å². The highest BCUT2D eigenvalue weighted by Gasteiger charge is 2.35. The van der Waals surface area contributed by atoms with Crippen molar-refractivity contribution in [1.82, 2.24) is 10.6 Å². The Balaban J connectivity index is 2.03. The average Bonchev–Trinajstić information content (AvgIpc) is 2.61. The highest BCUT2D eigenvalue weighted by atomic mass is 19.1. The molecule has 1 fully saturated rings. The number of rotatable bonds is 3. The second kappa shape index (κ2) is 6.20. The van der Waals surface area contributed by atoms with Crippen LogP contribution in [0.25, 0.3) is 0 Å². The summed E-state index contributed by atoms with van der Waals surface area (Å²) < 4.78 is 26.6. The lowest BCUT2D eigenvalue weighted by molar-refractivity contribution is -0.132. The number of hydrogen-bond acceptors (Lipinski definition) is 2. The summed E-state index contributed by atoms with van der Waals surface area (Å²) >= 11 is 0. The van der Waals surface area contributed by atoms with Crippen molar-refractivity contribution in [2.45, 2.75) is 44.7 Å². The monoisotopic (exact) mass is 296 g/mol. The zero-order valence-electron chi connectivity index (χ0n) is 11.8. The van der Waals surface area contributed by atoms with Gasteiger partial charge in [-0.05, 0) is 38.0 Å². The molecular weight excluding hydrogens is 278 g/mol. The molecule has 2 N–H and O–H groups in total. The number of nitrogens with one attached hydrogen (secondary N) is 2. The molecule has 0 radical (unpaired) electrons. The van der Waals surface area contributed by atoms with E-state index in [-0.39, 0.29) is 23.9 Å². The summed E-state index contributed by atoms with van der Waals surface area (Å²) in [7, 11) is 0. The first-order valence-electron chi connectivity index (χ1n) is 6.94. The van der Waals surface area contributed by atoms with Gasteiger partial charge in [0, 0.05) is 18.5 Å². The Labute approximate surface area is 121 Å². The molecule has 2 rings (SSSR count). The van der Waals surface area contributed by atoms with Crippen LogP contribution in [0.1, 0.15) is 38.2 Å². The van der Waals surface area contributed by atoms with Crippen molar-refractivity contribution in [1.29, 1.82) is 0 Å². The van der Waals surface area contributed by atoms with Gasteiger partial charge >= 0.3 is 0 Å². The molecule has 0 saturated carbocycles. The first-order valence-corrected chi connectivity index (χ1v) is 6.94. The third kappa shape index (κ3) is 3.77. The first-order chi connectivity index (χ1) is 9.90. The lowest BCUT2D eigenvalue weighted by Crippen LogP contribution is -2.55. The van der Waals surface area contributed by atoms with E-state index in [1.807, 2.05) is 0 Å². The molecule has 0 bridgehead atoms. The molecule has 1 atom stereocenters. The zero-order chi connectivity index (χ0) is 15.5. The van der Waals surface area contributed by atoms with E-state index < -0.39 is 17.2 Å². The number of amides is 2. The summed E-state index contributed by atoms with van der Waals surface area (Å²) in [5, 5.41) is 5.26. The summed E-state index contributed by atoms with van der Waals surface area (Å²) in [5.41, 5.74) is -0.927. The minimum Gasteiger partial charge on any atom is -0.350 e. The van der Waals surface area contributed by atoms with E-state index in [9.17, 15) is 18.4 Å². The lowest BCUT2D eigenvalue weighted by atomic mass is 9.95. The number of carbonyl (C=O) groups is 2. The average molecular weight is 296 g/mol. The van der Waals surface area contributed by atoms with E-state index in [4.69, 9.17) is 0 Å². The molecule has 1 aliphatic heterocycles. The van der Waals surface area contributed by atoms with Crippen molar-refractivity contribution in [3.05, 3.63) is 35.4 Å². The predicted molar refractivity (Wildman–Crippen MR) is 73.2 cm³/mol. The molecule has 4 nitrogen and oxygen atoms in total. The number of halogens is 2. The molecule has 0 spiro atoms. The third-order valence-corrected chi connectivity index (χ3v) is 3.69. The van der Waals surface area contributed by atoms with Gasteiger partial charge in [0.15, 0.2) is 0 Å². The molecule has 0 aliphatic carbocycles. The van der Waals surface area contributed by atoms with E-state index in [0.29, 0.717) is 12.8 Å². The van der Waals surface area contributed by atoms with Gasteiger partial charge in [0.1, 0.15) is 17.2 Å². The maximum absolute atomic E-state index is 13.5. The van der Waals surface area contributed by atoms with Crippen molar-refractivity contribution >= 4 is 11.8 Å². The van der Waals surface area contributed by atoms with E-state index in [2.05, 4.69) is 10.6 Å². The van der Waals surface area contributed by atoms with Crippen LogP contribution < -0.4 is 10.6 Å². The van der Waals surface area contributed by atoms with Gasteiger partial charge in [-0.25, -0.2) is 8.78 Å². The smallest absolute Gasteiger partial charge is 0.245 e. The molecule has 1 heterocycles. The SMILES string of the molecule is CC1(C(=O)NCc2cc(F)ccc2F)CCCCC(=O)N1. The molecular formula is C15H18F2N2O2. The fourth-order valence-electron chi connectivity index (χ4n) is 2.42. The Morgan fingerprint density at radius 3 is 2.90 bits per heavy atom. The standard InChI is InChI=1S/C15H18F2N2O2/c1-15(7-3-2-4-13(20)19-15)14(21)18-9-10-8-11(16)5-6-12(10)17/h5-6,8H,2-4,7,9H2,1H3,(H,18,21)(H,19,20). The Bertz CT molecular complexity index is 563. The van der Waals surface area contributed by atoms with Crippen LogP contribution in [0, 0.1) is 11.6 Å². The largest absolute Gasteiger partial charge is 0.350 e. The summed E-state index contributed by atoms with van der Waals surface area (Å²) in [6, 6.07) is 3.09. The van der Waals surface area contributed by atoms with E-state index in [1.165, 1.54) is 0 Å². The van der Waals surface area contributed by atoms with Gasteiger partial charge in [0.25, 0.3) is 0 Å². The van der Waals surface area contributed by atoms with Crippen molar-refractivity contribution in [2.75, 3.05) is 0 Å². The van der Waals surface area contributed by atoms with Gasteiger partial charge in [-0.3, -0.25) is 9.59 Å². The van der Waals surface area contributed by atoms with Crippen LogP contribution in [-0.2, 0) is 16.1 Å². The van der Waals surface area contributed by atoms with Gasteiger partial charge in [-0.15, -0.1) is 0 Å². The van der Waals surface area contributed by atoms with Gasteiger partial charge in [-0.1, -0.05) is 6.42 Å². The number of benzene rings is 1. The van der Waals surface area contributed by atoms with Gasteiger partial charge in [0.2, 0.25) is 11.8 Å². The summed E-state index contributed by atoms with van der Waals surface area (Å²) in [4.78, 5) is 23.8. The normalized spacial score (nSPS) is 22.3. The van der Waals surface area contributed by atoms with Crippen LogP contribution in [0.3, 0.4) is 0 Å². The zero-order valence-corrected chi connectivity index (χ0v) is 11.8. The van der Waals surface area contributed by atoms with Gasteiger partial charge in [0.05, 0.1) is 0 Å². The molecule has 1 aromatic carbocycles. The number of hydrogen-bond donors (Lipinski definition) is 2. The number of carbonyl (C=O) groups excluding carboxylic acids is 2. The molecule has 1 aromatic rings. The Hall–Kier alpha value is -1.98. The molecule has 0 aromatic heterocycles. The minimum atomic E-state index is -1.00. The molecule has 2 amide bonds. The highest BCUT2D eigenvalue weighted by Crippen LogP contribution is 2.20.